The molecule has 0 N–H and O–H groups in total. The van der Waals surface area contributed by atoms with Gasteiger partial charge in [-0.05, 0) is 92.8 Å². The van der Waals surface area contributed by atoms with Crippen molar-refractivity contribution in [3.05, 3.63) is 116 Å². The lowest BCUT2D eigenvalue weighted by atomic mass is 9.94. The van der Waals surface area contributed by atoms with Gasteiger partial charge in [-0.2, -0.15) is 0 Å². The van der Waals surface area contributed by atoms with Gasteiger partial charge >= 0.3 is 0 Å². The Hall–Kier alpha value is -5.90. The van der Waals surface area contributed by atoms with Gasteiger partial charge in [-0.1, -0.05) is 98.8 Å². The molecule has 0 atom stereocenters. The molecule has 0 spiro atoms. The van der Waals surface area contributed by atoms with Gasteiger partial charge in [0.15, 0.2) is 0 Å². The van der Waals surface area contributed by atoms with E-state index < -0.39 is 0 Å². The van der Waals surface area contributed by atoms with Gasteiger partial charge in [0.2, 0.25) is 0 Å². The molecule has 5 aromatic carbocycles. The largest absolute Gasteiger partial charge is 0.496 e. The van der Waals surface area contributed by atoms with Crippen LogP contribution in [0.2, 0.25) is 0 Å². The van der Waals surface area contributed by atoms with Crippen LogP contribution in [0.5, 0.6) is 57.5 Å². The van der Waals surface area contributed by atoms with Crippen molar-refractivity contribution in [2.24, 2.45) is 0 Å². The Bertz CT molecular complexity index is 2130. The molecule has 0 radical (unpaired) electrons. The van der Waals surface area contributed by atoms with Crippen molar-refractivity contribution in [3.63, 3.8) is 0 Å². The molecular formula is C65H90O10. The van der Waals surface area contributed by atoms with Crippen LogP contribution in [0.1, 0.15) is 187 Å². The summed E-state index contributed by atoms with van der Waals surface area (Å²) in [5.41, 5.74) is 9.95. The van der Waals surface area contributed by atoms with Crippen LogP contribution in [0.25, 0.3) is 0 Å². The van der Waals surface area contributed by atoms with Crippen molar-refractivity contribution >= 4 is 0 Å². The van der Waals surface area contributed by atoms with E-state index in [0.29, 0.717) is 65.1 Å². The Morgan fingerprint density at radius 3 is 0.520 bits per heavy atom. The molecule has 0 aromatic heterocycles. The molecule has 10 aliphatic carbocycles. The van der Waals surface area contributed by atoms with Gasteiger partial charge < -0.3 is 47.4 Å². The van der Waals surface area contributed by atoms with Crippen molar-refractivity contribution in [3.8, 4) is 57.5 Å². The zero-order chi connectivity index (χ0) is 53.4. The van der Waals surface area contributed by atoms with Crippen molar-refractivity contribution in [1.82, 2.24) is 0 Å². The van der Waals surface area contributed by atoms with Crippen LogP contribution in [0.3, 0.4) is 0 Å². The molecule has 10 nitrogen and oxygen atoms in total. The van der Waals surface area contributed by atoms with E-state index in [4.69, 9.17) is 47.4 Å². The van der Waals surface area contributed by atoms with E-state index in [1.165, 1.54) is 0 Å². The van der Waals surface area contributed by atoms with E-state index in [1.54, 1.807) is 35.5 Å². The molecule has 10 heteroatoms. The van der Waals surface area contributed by atoms with Crippen molar-refractivity contribution < 1.29 is 47.4 Å². The van der Waals surface area contributed by atoms with Crippen LogP contribution < -0.4 is 47.4 Å². The first-order chi connectivity index (χ1) is 36.7. The predicted octanol–water partition coefficient (Wildman–Crippen LogP) is 15.8. The molecule has 10 bridgehead atoms. The molecule has 0 amide bonds. The Kier molecular flexibility index (Phi) is 24.3. The number of ether oxygens (including phenoxy) is 10. The molecular weight excluding hydrogens is 941 g/mol. The summed E-state index contributed by atoms with van der Waals surface area (Å²) in [4.78, 5) is 0. The van der Waals surface area contributed by atoms with E-state index in [0.717, 1.165) is 209 Å². The third kappa shape index (κ3) is 16.5. The zero-order valence-corrected chi connectivity index (χ0v) is 47.5. The smallest absolute Gasteiger partial charge is 0.123 e. The second-order valence-corrected chi connectivity index (χ2v) is 20.0. The number of unbranched alkanes of at least 4 members (excludes halogenated alkanes) is 10. The van der Waals surface area contributed by atoms with Crippen LogP contribution in [-0.2, 0) is 32.1 Å². The highest BCUT2D eigenvalue weighted by atomic mass is 16.5. The first-order valence-corrected chi connectivity index (χ1v) is 28.4. The molecule has 0 fully saturated rings. The van der Waals surface area contributed by atoms with Crippen LogP contribution in [0, 0.1) is 0 Å². The normalized spacial score (nSPS) is 12.1. The summed E-state index contributed by atoms with van der Waals surface area (Å²) in [5.74, 6) is 7.92. The fourth-order valence-corrected chi connectivity index (χ4v) is 9.92. The van der Waals surface area contributed by atoms with E-state index in [-0.39, 0.29) is 0 Å². The lowest BCUT2D eigenvalue weighted by molar-refractivity contribution is 0.300. The summed E-state index contributed by atoms with van der Waals surface area (Å²) >= 11 is 0. The summed E-state index contributed by atoms with van der Waals surface area (Å²) in [6.45, 7) is 14.1. The van der Waals surface area contributed by atoms with Crippen LogP contribution in [0.4, 0.5) is 0 Å². The summed E-state index contributed by atoms with van der Waals surface area (Å²) < 4.78 is 65.3. The Labute approximate surface area is 451 Å². The summed E-state index contributed by atoms with van der Waals surface area (Å²) in [7, 11) is 8.72. The van der Waals surface area contributed by atoms with Crippen molar-refractivity contribution in [2.75, 3.05) is 68.6 Å². The monoisotopic (exact) mass is 1030 g/mol. The fourth-order valence-electron chi connectivity index (χ4n) is 9.92. The summed E-state index contributed by atoms with van der Waals surface area (Å²) in [6, 6.07) is 21.5. The van der Waals surface area contributed by atoms with Gasteiger partial charge in [0.05, 0.1) is 68.6 Å². The van der Waals surface area contributed by atoms with E-state index >= 15 is 0 Å². The van der Waals surface area contributed by atoms with Crippen LogP contribution in [-0.4, -0.2) is 68.6 Å². The molecule has 0 saturated heterocycles. The SMILES string of the molecule is CCCCCOc1cc2c(OC)cc1Cc1cc(OCCCCC)c(cc1OC)Cc1cc(OCCCCC)c(cc1OC)Cc1cc(OCCCCC)c(cc1OC)Cc1cc(OCCCCC)c(cc1OC)C2. The number of methoxy groups -OCH3 is 5. The maximum atomic E-state index is 6.77. The summed E-state index contributed by atoms with van der Waals surface area (Å²) in [6.07, 6.45) is 18.3. The number of benzene rings is 5. The predicted molar refractivity (Wildman–Crippen MR) is 304 cm³/mol. The third-order valence-corrected chi connectivity index (χ3v) is 14.2. The minimum absolute atomic E-state index is 0.532. The maximum Gasteiger partial charge on any atom is 0.123 e. The molecule has 75 heavy (non-hydrogen) atoms. The third-order valence-electron chi connectivity index (χ3n) is 14.2. The highest BCUT2D eigenvalue weighted by Gasteiger charge is 2.24. The van der Waals surface area contributed by atoms with Crippen LogP contribution >= 0.6 is 0 Å². The highest BCUT2D eigenvalue weighted by molar-refractivity contribution is 5.59. The van der Waals surface area contributed by atoms with E-state index in [9.17, 15) is 0 Å². The number of rotatable bonds is 30. The Balaban J connectivity index is 1.63. The molecule has 0 aliphatic heterocycles. The molecule has 15 rings (SSSR count). The van der Waals surface area contributed by atoms with Gasteiger partial charge in [0.1, 0.15) is 57.5 Å². The van der Waals surface area contributed by atoms with Gasteiger partial charge in [-0.15, -0.1) is 0 Å². The second kappa shape index (κ2) is 31.2. The van der Waals surface area contributed by atoms with Gasteiger partial charge in [-0.25, -0.2) is 0 Å². The Morgan fingerprint density at radius 1 is 0.227 bits per heavy atom. The topological polar surface area (TPSA) is 92.3 Å². The molecule has 0 heterocycles. The maximum absolute atomic E-state index is 6.77. The average molecular weight is 1030 g/mol. The quantitative estimate of drug-likeness (QED) is 0.0406. The fraction of sp³-hybridized carbons (Fsp3) is 0.538. The van der Waals surface area contributed by atoms with Crippen molar-refractivity contribution in [1.29, 1.82) is 0 Å². The first-order valence-electron chi connectivity index (χ1n) is 28.4. The minimum Gasteiger partial charge on any atom is -0.496 e. The standard InChI is InChI=1S/C65H90O10/c1-11-16-21-26-71-61-41-46-32-52-37-58(68-8)48(43-63(52)73-28-23-18-13-3)34-54-39-60(70-10)50(45-65(54)75-30-25-20-15-5)35-55-40-59(69-9)49(44-64(55)74-29-24-19-14-4)33-53-38-57(67-7)47(31-51(61)36-56(46)66-6)42-62(53)72-27-22-17-12-2/h36-45H,11-35H2,1-10H3. The molecule has 0 saturated carbocycles. The molecule has 0 unspecified atom stereocenters. The lowest BCUT2D eigenvalue weighted by Gasteiger charge is -2.21. The second-order valence-electron chi connectivity index (χ2n) is 20.0. The van der Waals surface area contributed by atoms with Crippen molar-refractivity contribution in [2.45, 2.75) is 163 Å². The van der Waals surface area contributed by atoms with Crippen LogP contribution in [0.15, 0.2) is 60.7 Å². The zero-order valence-electron chi connectivity index (χ0n) is 47.5. The van der Waals surface area contributed by atoms with Gasteiger partial charge in [0.25, 0.3) is 0 Å². The van der Waals surface area contributed by atoms with Gasteiger partial charge in [0, 0.05) is 87.7 Å². The number of hydrogen-bond acceptors (Lipinski definition) is 10. The minimum atomic E-state index is 0.532. The lowest BCUT2D eigenvalue weighted by Crippen LogP contribution is -2.08. The summed E-state index contributed by atoms with van der Waals surface area (Å²) in [5, 5.41) is 0. The molecule has 10 aliphatic rings. The number of hydrogen-bond donors (Lipinski definition) is 0. The highest BCUT2D eigenvalue weighted by Crippen LogP contribution is 2.43. The molecule has 410 valence electrons. The van der Waals surface area contributed by atoms with E-state index in [1.807, 2.05) is 0 Å². The Morgan fingerprint density at radius 2 is 0.373 bits per heavy atom. The first kappa shape index (κ1) is 58.4. The molecule has 5 aromatic rings. The van der Waals surface area contributed by atoms with E-state index in [2.05, 4.69) is 95.3 Å². The average Bonchev–Trinajstić information content (AvgIpc) is 3.42. The van der Waals surface area contributed by atoms with Gasteiger partial charge in [-0.3, -0.25) is 0 Å².